The third-order valence-electron chi connectivity index (χ3n) is 3.59. The Bertz CT molecular complexity index is 403. The van der Waals surface area contributed by atoms with Crippen LogP contribution >= 0.6 is 0 Å². The van der Waals surface area contributed by atoms with Gasteiger partial charge in [0.1, 0.15) is 0 Å². The first-order valence-corrected chi connectivity index (χ1v) is 6.56. The number of nitrogens with two attached hydrogens (primary N) is 1. The fourth-order valence-electron chi connectivity index (χ4n) is 1.84. The van der Waals surface area contributed by atoms with Crippen molar-refractivity contribution < 1.29 is 4.79 Å². The normalized spacial score (nSPS) is 14.0. The van der Waals surface area contributed by atoms with E-state index in [0.717, 1.165) is 17.7 Å². The van der Waals surface area contributed by atoms with Crippen molar-refractivity contribution in [2.75, 3.05) is 12.8 Å². The van der Waals surface area contributed by atoms with Crippen LogP contribution in [0.3, 0.4) is 0 Å². The minimum Gasteiger partial charge on any atom is -0.399 e. The van der Waals surface area contributed by atoms with E-state index in [1.54, 1.807) is 4.90 Å². The van der Waals surface area contributed by atoms with Crippen LogP contribution in [0.5, 0.6) is 0 Å². The lowest BCUT2D eigenvalue weighted by atomic mass is 10.0. The van der Waals surface area contributed by atoms with Gasteiger partial charge in [-0.05, 0) is 30.5 Å². The van der Waals surface area contributed by atoms with Crippen molar-refractivity contribution in [3.8, 4) is 0 Å². The van der Waals surface area contributed by atoms with Crippen LogP contribution in [0.2, 0.25) is 0 Å². The van der Waals surface area contributed by atoms with Crippen LogP contribution < -0.4 is 5.73 Å². The molecule has 1 aromatic carbocycles. The zero-order chi connectivity index (χ0) is 13.7. The van der Waals surface area contributed by atoms with Gasteiger partial charge >= 0.3 is 0 Å². The molecule has 0 spiro atoms. The summed E-state index contributed by atoms with van der Waals surface area (Å²) in [5, 5.41) is 0. The molecular weight excluding hydrogens is 224 g/mol. The Morgan fingerprint density at radius 3 is 2.61 bits per heavy atom. The number of rotatable bonds is 5. The Balaban J connectivity index is 2.71. The summed E-state index contributed by atoms with van der Waals surface area (Å²) >= 11 is 0. The first-order chi connectivity index (χ1) is 8.45. The van der Waals surface area contributed by atoms with Crippen molar-refractivity contribution in [1.82, 2.24) is 4.90 Å². The molecule has 1 aromatic rings. The van der Waals surface area contributed by atoms with Gasteiger partial charge in [0.25, 0.3) is 0 Å². The molecule has 2 atom stereocenters. The Hall–Kier alpha value is -1.51. The summed E-state index contributed by atoms with van der Waals surface area (Å²) in [7, 11) is 1.86. The highest BCUT2D eigenvalue weighted by Crippen LogP contribution is 2.22. The van der Waals surface area contributed by atoms with E-state index in [2.05, 4.69) is 13.8 Å². The van der Waals surface area contributed by atoms with E-state index in [1.165, 1.54) is 0 Å². The lowest BCUT2D eigenvalue weighted by molar-refractivity contribution is -0.132. The highest BCUT2D eigenvalue weighted by molar-refractivity contribution is 5.76. The first kappa shape index (κ1) is 14.6. The number of hydrogen-bond acceptors (Lipinski definition) is 2. The third-order valence-corrected chi connectivity index (χ3v) is 3.59. The maximum atomic E-state index is 12.1. The van der Waals surface area contributed by atoms with Crippen molar-refractivity contribution in [2.45, 2.75) is 39.7 Å². The molecule has 18 heavy (non-hydrogen) atoms. The summed E-state index contributed by atoms with van der Waals surface area (Å²) < 4.78 is 0. The fourth-order valence-corrected chi connectivity index (χ4v) is 1.84. The van der Waals surface area contributed by atoms with Crippen LogP contribution in [0.1, 0.15) is 45.2 Å². The fraction of sp³-hybridized carbons (Fsp3) is 0.533. The second kappa shape index (κ2) is 6.43. The lowest BCUT2D eigenvalue weighted by Gasteiger charge is -2.26. The van der Waals surface area contributed by atoms with Gasteiger partial charge in [0.2, 0.25) is 5.91 Å². The van der Waals surface area contributed by atoms with Crippen LogP contribution in [0, 0.1) is 5.92 Å². The average molecular weight is 248 g/mol. The van der Waals surface area contributed by atoms with Gasteiger partial charge in [-0.1, -0.05) is 32.4 Å². The Morgan fingerprint density at radius 1 is 1.39 bits per heavy atom. The third kappa shape index (κ3) is 3.76. The van der Waals surface area contributed by atoms with Gasteiger partial charge in [0, 0.05) is 19.2 Å². The zero-order valence-electron chi connectivity index (χ0n) is 11.8. The molecule has 2 unspecified atom stereocenters. The van der Waals surface area contributed by atoms with Gasteiger partial charge in [-0.25, -0.2) is 0 Å². The zero-order valence-corrected chi connectivity index (χ0v) is 11.8. The highest BCUT2D eigenvalue weighted by Gasteiger charge is 2.18. The van der Waals surface area contributed by atoms with E-state index in [1.807, 2.05) is 38.2 Å². The summed E-state index contributed by atoms with van der Waals surface area (Å²) in [6.07, 6.45) is 1.64. The second-order valence-electron chi connectivity index (χ2n) is 5.07. The predicted octanol–water partition coefficient (Wildman–Crippen LogP) is 3.22. The van der Waals surface area contributed by atoms with Crippen LogP contribution in [-0.4, -0.2) is 17.9 Å². The maximum absolute atomic E-state index is 12.1. The number of nitrogen functional groups attached to an aromatic ring is 1. The maximum Gasteiger partial charge on any atom is 0.223 e. The predicted molar refractivity (Wildman–Crippen MR) is 76.1 cm³/mol. The molecule has 0 saturated carbocycles. The number of benzene rings is 1. The number of carbonyl (C=O) groups excluding carboxylic acids is 1. The number of amides is 1. The largest absolute Gasteiger partial charge is 0.399 e. The molecule has 100 valence electrons. The molecule has 0 radical (unpaired) electrons. The molecule has 1 rings (SSSR count). The topological polar surface area (TPSA) is 46.3 Å². The summed E-state index contributed by atoms with van der Waals surface area (Å²) in [5.41, 5.74) is 7.59. The molecule has 0 saturated heterocycles. The van der Waals surface area contributed by atoms with Gasteiger partial charge in [-0.3, -0.25) is 4.79 Å². The Morgan fingerprint density at radius 2 is 2.06 bits per heavy atom. The second-order valence-corrected chi connectivity index (χ2v) is 5.07. The van der Waals surface area contributed by atoms with Crippen molar-refractivity contribution in [3.63, 3.8) is 0 Å². The molecule has 0 aliphatic carbocycles. The molecule has 0 aromatic heterocycles. The summed E-state index contributed by atoms with van der Waals surface area (Å²) in [4.78, 5) is 13.9. The minimum absolute atomic E-state index is 0.0602. The summed E-state index contributed by atoms with van der Waals surface area (Å²) in [5.74, 6) is 0.632. The SMILES string of the molecule is CCC(C)CC(=O)N(C)C(C)c1cccc(N)c1. The molecule has 3 heteroatoms. The quantitative estimate of drug-likeness (QED) is 0.813. The summed E-state index contributed by atoms with van der Waals surface area (Å²) in [6.45, 7) is 6.25. The number of anilines is 1. The van der Waals surface area contributed by atoms with Gasteiger partial charge in [0.15, 0.2) is 0 Å². The van der Waals surface area contributed by atoms with Crippen molar-refractivity contribution in [3.05, 3.63) is 29.8 Å². The first-order valence-electron chi connectivity index (χ1n) is 6.56. The molecular formula is C15H24N2O. The van der Waals surface area contributed by atoms with E-state index in [0.29, 0.717) is 12.3 Å². The van der Waals surface area contributed by atoms with E-state index in [9.17, 15) is 4.79 Å². The van der Waals surface area contributed by atoms with E-state index in [4.69, 9.17) is 5.73 Å². The Labute approximate surface area is 110 Å². The van der Waals surface area contributed by atoms with E-state index in [-0.39, 0.29) is 11.9 Å². The molecule has 0 heterocycles. The van der Waals surface area contributed by atoms with Crippen LogP contribution in [-0.2, 0) is 4.79 Å². The van der Waals surface area contributed by atoms with Crippen LogP contribution in [0.25, 0.3) is 0 Å². The smallest absolute Gasteiger partial charge is 0.223 e. The molecule has 1 amide bonds. The highest BCUT2D eigenvalue weighted by atomic mass is 16.2. The van der Waals surface area contributed by atoms with Gasteiger partial charge in [-0.15, -0.1) is 0 Å². The molecule has 3 nitrogen and oxygen atoms in total. The molecule has 2 N–H and O–H groups in total. The Kier molecular flexibility index (Phi) is 5.20. The molecule has 0 aliphatic rings. The average Bonchev–Trinajstić information content (AvgIpc) is 2.36. The number of nitrogens with zero attached hydrogens (tertiary/aromatic N) is 1. The van der Waals surface area contributed by atoms with Gasteiger partial charge < -0.3 is 10.6 Å². The van der Waals surface area contributed by atoms with Crippen molar-refractivity contribution in [1.29, 1.82) is 0 Å². The molecule has 0 aliphatic heterocycles. The summed E-state index contributed by atoms with van der Waals surface area (Å²) in [6, 6.07) is 7.78. The van der Waals surface area contributed by atoms with E-state index >= 15 is 0 Å². The van der Waals surface area contributed by atoms with E-state index < -0.39 is 0 Å². The number of hydrogen-bond donors (Lipinski definition) is 1. The van der Waals surface area contributed by atoms with Gasteiger partial charge in [-0.2, -0.15) is 0 Å². The standard InChI is InChI=1S/C15H24N2O/c1-5-11(2)9-15(18)17(4)12(3)13-7-6-8-14(16)10-13/h6-8,10-12H,5,9,16H2,1-4H3. The van der Waals surface area contributed by atoms with Crippen LogP contribution in [0.4, 0.5) is 5.69 Å². The van der Waals surface area contributed by atoms with Crippen molar-refractivity contribution in [2.24, 2.45) is 5.92 Å². The van der Waals surface area contributed by atoms with Crippen molar-refractivity contribution >= 4 is 11.6 Å². The molecule has 0 fully saturated rings. The molecule has 0 bridgehead atoms. The number of carbonyl (C=O) groups is 1. The van der Waals surface area contributed by atoms with Crippen LogP contribution in [0.15, 0.2) is 24.3 Å². The minimum atomic E-state index is 0.0602. The van der Waals surface area contributed by atoms with Gasteiger partial charge in [0.05, 0.1) is 6.04 Å². The monoisotopic (exact) mass is 248 g/mol. The lowest BCUT2D eigenvalue weighted by Crippen LogP contribution is -2.30.